The van der Waals surface area contributed by atoms with Crippen LogP contribution in [0.5, 0.6) is 0 Å². The van der Waals surface area contributed by atoms with Crippen molar-refractivity contribution in [2.75, 3.05) is 11.9 Å². The molecule has 0 amide bonds. The Morgan fingerprint density at radius 2 is 2.25 bits per heavy atom. The Hall–Kier alpha value is -1.51. The van der Waals surface area contributed by atoms with Gasteiger partial charge in [0.15, 0.2) is 0 Å². The smallest absolute Gasteiger partial charge is 0.328 e. The van der Waals surface area contributed by atoms with E-state index in [9.17, 15) is 4.79 Å². The van der Waals surface area contributed by atoms with Gasteiger partial charge in [0.05, 0.1) is 6.61 Å². The molecule has 3 nitrogen and oxygen atoms in total. The topological polar surface area (TPSA) is 38.3 Å². The fraction of sp³-hybridized carbons (Fsp3) is 0.462. The van der Waals surface area contributed by atoms with E-state index in [1.807, 2.05) is 6.92 Å². The molecule has 0 aromatic heterocycles. The van der Waals surface area contributed by atoms with Crippen molar-refractivity contribution in [1.29, 1.82) is 0 Å². The lowest BCUT2D eigenvalue weighted by Gasteiger charge is -2.09. The average molecular weight is 219 g/mol. The first kappa shape index (κ1) is 11.0. The Labute approximate surface area is 95.8 Å². The third kappa shape index (κ3) is 1.90. The van der Waals surface area contributed by atoms with Gasteiger partial charge in [-0.2, -0.15) is 0 Å². The number of carbonyl (C=O) groups is 1. The molecule has 0 unspecified atom stereocenters. The van der Waals surface area contributed by atoms with Gasteiger partial charge in [-0.3, -0.25) is 0 Å². The van der Waals surface area contributed by atoms with Crippen molar-refractivity contribution in [3.05, 3.63) is 28.8 Å². The summed E-state index contributed by atoms with van der Waals surface area (Å²) in [6, 6.07) is 4.02. The van der Waals surface area contributed by atoms with Gasteiger partial charge in [0.1, 0.15) is 6.04 Å². The van der Waals surface area contributed by atoms with Gasteiger partial charge in [-0.25, -0.2) is 4.79 Å². The van der Waals surface area contributed by atoms with E-state index < -0.39 is 0 Å². The Kier molecular flexibility index (Phi) is 2.86. The van der Waals surface area contributed by atoms with Crippen molar-refractivity contribution in [2.45, 2.75) is 33.2 Å². The number of nitrogens with one attached hydrogen (secondary N) is 1. The summed E-state index contributed by atoms with van der Waals surface area (Å²) in [6.07, 6.45) is 0.736. The molecular formula is C13H17NO2. The minimum Gasteiger partial charge on any atom is -0.464 e. The lowest BCUT2D eigenvalue weighted by molar-refractivity contribution is -0.143. The molecule has 0 bridgehead atoms. The van der Waals surface area contributed by atoms with E-state index >= 15 is 0 Å². The predicted molar refractivity (Wildman–Crippen MR) is 63.7 cm³/mol. The zero-order chi connectivity index (χ0) is 11.7. The van der Waals surface area contributed by atoms with Crippen LogP contribution in [0.25, 0.3) is 0 Å². The van der Waals surface area contributed by atoms with E-state index in [0.717, 1.165) is 12.1 Å². The number of rotatable bonds is 2. The average Bonchev–Trinajstić information content (AvgIpc) is 2.62. The van der Waals surface area contributed by atoms with Crippen LogP contribution in [0.2, 0.25) is 0 Å². The number of ether oxygens (including phenoxy) is 1. The van der Waals surface area contributed by atoms with Gasteiger partial charge >= 0.3 is 5.97 Å². The van der Waals surface area contributed by atoms with Gasteiger partial charge < -0.3 is 10.1 Å². The molecule has 1 atom stereocenters. The summed E-state index contributed by atoms with van der Waals surface area (Å²) in [7, 11) is 0. The van der Waals surface area contributed by atoms with Gasteiger partial charge in [0.2, 0.25) is 0 Å². The highest BCUT2D eigenvalue weighted by Gasteiger charge is 2.28. The molecule has 86 valence electrons. The summed E-state index contributed by atoms with van der Waals surface area (Å²) in [5.74, 6) is -0.157. The van der Waals surface area contributed by atoms with Crippen LogP contribution in [0.15, 0.2) is 12.1 Å². The van der Waals surface area contributed by atoms with E-state index in [1.54, 1.807) is 0 Å². The highest BCUT2D eigenvalue weighted by Crippen LogP contribution is 2.30. The molecular weight excluding hydrogens is 202 g/mol. The Balaban J connectivity index is 2.21. The lowest BCUT2D eigenvalue weighted by atomic mass is 10.0. The van der Waals surface area contributed by atoms with Crippen molar-refractivity contribution in [2.24, 2.45) is 0 Å². The fourth-order valence-corrected chi connectivity index (χ4v) is 2.23. The molecule has 1 aromatic rings. The number of fused-ring (bicyclic) bond motifs is 1. The van der Waals surface area contributed by atoms with Crippen molar-refractivity contribution >= 4 is 11.7 Å². The molecule has 0 fully saturated rings. The van der Waals surface area contributed by atoms with Gasteiger partial charge in [-0.05, 0) is 43.5 Å². The second kappa shape index (κ2) is 4.16. The number of aryl methyl sites for hydroxylation is 2. The third-order valence-electron chi connectivity index (χ3n) is 2.93. The number of esters is 1. The monoisotopic (exact) mass is 219 g/mol. The maximum absolute atomic E-state index is 11.6. The highest BCUT2D eigenvalue weighted by molar-refractivity contribution is 5.83. The minimum absolute atomic E-state index is 0.157. The van der Waals surface area contributed by atoms with Crippen LogP contribution in [0.1, 0.15) is 23.6 Å². The molecule has 0 saturated heterocycles. The summed E-state index contributed by atoms with van der Waals surface area (Å²) < 4.78 is 5.03. The molecule has 2 rings (SSSR count). The zero-order valence-electron chi connectivity index (χ0n) is 9.96. The van der Waals surface area contributed by atoms with E-state index in [2.05, 4.69) is 31.3 Å². The minimum atomic E-state index is -0.213. The molecule has 0 spiro atoms. The molecule has 3 heteroatoms. The predicted octanol–water partition coefficient (Wildman–Crippen LogP) is 2.20. The largest absolute Gasteiger partial charge is 0.464 e. The van der Waals surface area contributed by atoms with Gasteiger partial charge in [-0.1, -0.05) is 6.07 Å². The van der Waals surface area contributed by atoms with Gasteiger partial charge in [-0.15, -0.1) is 0 Å². The van der Waals surface area contributed by atoms with Crippen LogP contribution >= 0.6 is 0 Å². The second-order valence-electron chi connectivity index (χ2n) is 4.26. The van der Waals surface area contributed by atoms with Crippen LogP contribution < -0.4 is 5.32 Å². The van der Waals surface area contributed by atoms with Gasteiger partial charge in [0, 0.05) is 12.1 Å². The molecule has 1 aliphatic heterocycles. The normalized spacial score (nSPS) is 17.8. The standard InChI is InChI=1S/C13H17NO2/c1-4-16-13(15)12-7-10-9(3)5-8(2)6-11(10)14-12/h5-6,12,14H,4,7H2,1-3H3/t12-/m0/s1. The Bertz CT molecular complexity index is 426. The summed E-state index contributed by atoms with van der Waals surface area (Å²) in [5, 5.41) is 3.23. The highest BCUT2D eigenvalue weighted by atomic mass is 16.5. The Morgan fingerprint density at radius 3 is 2.94 bits per heavy atom. The fourth-order valence-electron chi connectivity index (χ4n) is 2.23. The number of anilines is 1. The zero-order valence-corrected chi connectivity index (χ0v) is 9.96. The van der Waals surface area contributed by atoms with Crippen molar-refractivity contribution in [3.8, 4) is 0 Å². The van der Waals surface area contributed by atoms with E-state index in [0.29, 0.717) is 6.61 Å². The van der Waals surface area contributed by atoms with Gasteiger partial charge in [0.25, 0.3) is 0 Å². The summed E-state index contributed by atoms with van der Waals surface area (Å²) >= 11 is 0. The van der Waals surface area contributed by atoms with Crippen LogP contribution in [-0.2, 0) is 16.0 Å². The number of carbonyl (C=O) groups excluding carboxylic acids is 1. The molecule has 16 heavy (non-hydrogen) atoms. The molecule has 1 heterocycles. The molecule has 1 N–H and O–H groups in total. The lowest BCUT2D eigenvalue weighted by Crippen LogP contribution is -2.29. The van der Waals surface area contributed by atoms with Crippen LogP contribution in [-0.4, -0.2) is 18.6 Å². The quantitative estimate of drug-likeness (QED) is 0.775. The van der Waals surface area contributed by atoms with Crippen LogP contribution in [0, 0.1) is 13.8 Å². The Morgan fingerprint density at radius 1 is 1.50 bits per heavy atom. The molecule has 1 aromatic carbocycles. The molecule has 0 saturated carbocycles. The van der Waals surface area contributed by atoms with Crippen molar-refractivity contribution in [3.63, 3.8) is 0 Å². The first-order valence-electron chi connectivity index (χ1n) is 5.65. The van der Waals surface area contributed by atoms with Crippen LogP contribution in [0.3, 0.4) is 0 Å². The van der Waals surface area contributed by atoms with E-state index in [-0.39, 0.29) is 12.0 Å². The number of hydrogen-bond donors (Lipinski definition) is 1. The SMILES string of the molecule is CCOC(=O)[C@@H]1Cc2c(C)cc(C)cc2N1. The van der Waals surface area contributed by atoms with E-state index in [4.69, 9.17) is 4.74 Å². The maximum atomic E-state index is 11.6. The molecule has 1 aliphatic rings. The number of benzene rings is 1. The summed E-state index contributed by atoms with van der Waals surface area (Å²) in [4.78, 5) is 11.6. The summed E-state index contributed by atoms with van der Waals surface area (Å²) in [5.41, 5.74) is 4.78. The molecule has 0 aliphatic carbocycles. The number of hydrogen-bond acceptors (Lipinski definition) is 3. The van der Waals surface area contributed by atoms with Crippen molar-refractivity contribution in [1.82, 2.24) is 0 Å². The molecule has 0 radical (unpaired) electrons. The van der Waals surface area contributed by atoms with Crippen molar-refractivity contribution < 1.29 is 9.53 Å². The second-order valence-corrected chi connectivity index (χ2v) is 4.26. The summed E-state index contributed by atoms with van der Waals surface area (Å²) in [6.45, 7) is 6.41. The first-order valence-corrected chi connectivity index (χ1v) is 5.65. The third-order valence-corrected chi connectivity index (χ3v) is 2.93. The first-order chi connectivity index (χ1) is 7.61. The van der Waals surface area contributed by atoms with E-state index in [1.165, 1.54) is 16.7 Å². The van der Waals surface area contributed by atoms with Crippen LogP contribution in [0.4, 0.5) is 5.69 Å². The maximum Gasteiger partial charge on any atom is 0.328 e.